The average molecular weight is 383 g/mol. The quantitative estimate of drug-likeness (QED) is 0.785. The molecule has 0 aliphatic carbocycles. The van der Waals surface area contributed by atoms with Crippen molar-refractivity contribution in [3.63, 3.8) is 0 Å². The Kier molecular flexibility index (Phi) is 6.75. The van der Waals surface area contributed by atoms with E-state index in [2.05, 4.69) is 5.32 Å². The molecule has 0 bridgehead atoms. The Labute approximate surface area is 159 Å². The minimum atomic E-state index is -0.493. The first-order chi connectivity index (χ1) is 12.2. The van der Waals surface area contributed by atoms with Gasteiger partial charge in [-0.25, -0.2) is 9.59 Å². The fraction of sp³-hybridized carbons (Fsp3) is 0.579. The Morgan fingerprint density at radius 3 is 2.50 bits per heavy atom. The first-order valence-electron chi connectivity index (χ1n) is 8.90. The van der Waals surface area contributed by atoms with Crippen molar-refractivity contribution in [1.29, 1.82) is 0 Å². The van der Waals surface area contributed by atoms with E-state index >= 15 is 0 Å². The number of carbonyl (C=O) groups is 2. The van der Waals surface area contributed by atoms with Crippen LogP contribution in [0, 0.1) is 0 Å². The number of piperidine rings is 1. The van der Waals surface area contributed by atoms with Crippen LogP contribution < -0.4 is 5.32 Å². The summed E-state index contributed by atoms with van der Waals surface area (Å²) in [6, 6.07) is 5.21. The highest BCUT2D eigenvalue weighted by Gasteiger charge is 2.27. The number of benzene rings is 1. The number of likely N-dealkylation sites (tertiary alicyclic amines) is 1. The fourth-order valence-electron chi connectivity index (χ4n) is 2.73. The highest BCUT2D eigenvalue weighted by molar-refractivity contribution is 6.33. The van der Waals surface area contributed by atoms with Gasteiger partial charge >= 0.3 is 12.1 Å². The van der Waals surface area contributed by atoms with Crippen LogP contribution in [0.1, 0.15) is 50.9 Å². The van der Waals surface area contributed by atoms with E-state index < -0.39 is 5.60 Å². The number of rotatable bonds is 4. The number of carbonyl (C=O) groups excluding carboxylic acids is 2. The van der Waals surface area contributed by atoms with Gasteiger partial charge in [-0.05, 0) is 58.7 Å². The smallest absolute Gasteiger partial charge is 0.410 e. The predicted molar refractivity (Wildman–Crippen MR) is 102 cm³/mol. The summed E-state index contributed by atoms with van der Waals surface area (Å²) in [5.41, 5.74) is 0.672. The van der Waals surface area contributed by atoms with Crippen LogP contribution in [0.3, 0.4) is 0 Å². The van der Waals surface area contributed by atoms with Gasteiger partial charge in [-0.3, -0.25) is 0 Å². The summed E-state index contributed by atoms with van der Waals surface area (Å²) in [5.74, 6) is -0.369. The van der Waals surface area contributed by atoms with E-state index in [9.17, 15) is 9.59 Å². The molecule has 1 saturated heterocycles. The number of anilines is 1. The van der Waals surface area contributed by atoms with Gasteiger partial charge in [0.2, 0.25) is 0 Å². The van der Waals surface area contributed by atoms with E-state index in [1.54, 1.807) is 30.0 Å². The van der Waals surface area contributed by atoms with Crippen LogP contribution in [0.2, 0.25) is 5.02 Å². The number of amides is 1. The number of nitrogens with zero attached hydrogens (tertiary/aromatic N) is 1. The number of hydrogen-bond acceptors (Lipinski definition) is 5. The van der Waals surface area contributed by atoms with Crippen LogP contribution in [-0.4, -0.2) is 48.3 Å². The minimum Gasteiger partial charge on any atom is -0.462 e. The summed E-state index contributed by atoms with van der Waals surface area (Å²) in [5, 5.41) is 3.92. The maximum atomic E-state index is 12.1. The van der Waals surface area contributed by atoms with E-state index in [0.29, 0.717) is 36.0 Å². The zero-order valence-corrected chi connectivity index (χ0v) is 16.6. The second kappa shape index (κ2) is 8.62. The van der Waals surface area contributed by atoms with E-state index in [-0.39, 0.29) is 18.1 Å². The molecule has 0 unspecified atom stereocenters. The highest BCUT2D eigenvalue weighted by Crippen LogP contribution is 2.26. The van der Waals surface area contributed by atoms with Crippen molar-refractivity contribution in [2.45, 2.75) is 52.2 Å². The lowest BCUT2D eigenvalue weighted by Gasteiger charge is -2.34. The van der Waals surface area contributed by atoms with Crippen LogP contribution in [0.4, 0.5) is 10.5 Å². The number of nitrogens with one attached hydrogen (secondary N) is 1. The van der Waals surface area contributed by atoms with Crippen LogP contribution in [0.25, 0.3) is 0 Å². The first-order valence-corrected chi connectivity index (χ1v) is 9.28. The number of esters is 1. The van der Waals surface area contributed by atoms with Gasteiger partial charge in [0.15, 0.2) is 0 Å². The molecule has 1 amide bonds. The summed E-state index contributed by atoms with van der Waals surface area (Å²) >= 11 is 6.25. The Morgan fingerprint density at radius 1 is 1.27 bits per heavy atom. The van der Waals surface area contributed by atoms with Gasteiger partial charge in [-0.1, -0.05) is 11.6 Å². The van der Waals surface area contributed by atoms with Crippen molar-refractivity contribution in [3.8, 4) is 0 Å². The van der Waals surface area contributed by atoms with E-state index in [4.69, 9.17) is 21.1 Å². The van der Waals surface area contributed by atoms with Gasteiger partial charge in [0, 0.05) is 19.1 Å². The van der Waals surface area contributed by atoms with Gasteiger partial charge < -0.3 is 19.7 Å². The normalized spacial score (nSPS) is 15.5. The molecule has 7 heteroatoms. The SMILES string of the molecule is CCOC(=O)c1ccc(Cl)c(NC2CCN(C(=O)OC(C)(C)C)CC2)c1. The van der Waals surface area contributed by atoms with Crippen molar-refractivity contribution in [3.05, 3.63) is 28.8 Å². The molecule has 0 atom stereocenters. The zero-order chi connectivity index (χ0) is 19.3. The molecule has 1 aliphatic rings. The molecule has 144 valence electrons. The van der Waals surface area contributed by atoms with Crippen molar-refractivity contribution >= 4 is 29.4 Å². The fourth-order valence-corrected chi connectivity index (χ4v) is 2.90. The molecule has 0 saturated carbocycles. The van der Waals surface area contributed by atoms with Crippen LogP contribution >= 0.6 is 11.6 Å². The number of hydrogen-bond donors (Lipinski definition) is 1. The maximum Gasteiger partial charge on any atom is 0.410 e. The molecule has 1 aliphatic heterocycles. The minimum absolute atomic E-state index is 0.170. The van der Waals surface area contributed by atoms with Crippen molar-refractivity contribution in [2.24, 2.45) is 0 Å². The maximum absolute atomic E-state index is 12.1. The molecule has 1 N–H and O–H groups in total. The molecule has 1 aromatic carbocycles. The largest absolute Gasteiger partial charge is 0.462 e. The monoisotopic (exact) mass is 382 g/mol. The molecule has 1 fully saturated rings. The molecule has 0 aromatic heterocycles. The van der Waals surface area contributed by atoms with Crippen molar-refractivity contribution in [2.75, 3.05) is 25.0 Å². The van der Waals surface area contributed by atoms with Crippen LogP contribution in [0.15, 0.2) is 18.2 Å². The van der Waals surface area contributed by atoms with Gasteiger partial charge in [-0.2, -0.15) is 0 Å². The highest BCUT2D eigenvalue weighted by atomic mass is 35.5. The van der Waals surface area contributed by atoms with Gasteiger partial charge in [0.1, 0.15) is 5.60 Å². The Morgan fingerprint density at radius 2 is 1.92 bits per heavy atom. The topological polar surface area (TPSA) is 67.9 Å². The average Bonchev–Trinajstić information content (AvgIpc) is 2.56. The number of ether oxygens (including phenoxy) is 2. The van der Waals surface area contributed by atoms with E-state index in [1.165, 1.54) is 0 Å². The van der Waals surface area contributed by atoms with Gasteiger partial charge in [0.25, 0.3) is 0 Å². The standard InChI is InChI=1S/C19H27ClN2O4/c1-5-25-17(23)13-6-7-15(20)16(12-13)21-14-8-10-22(11-9-14)18(24)26-19(2,3)4/h6-7,12,14,21H,5,8-11H2,1-4H3. The summed E-state index contributed by atoms with van der Waals surface area (Å²) < 4.78 is 10.4. The lowest BCUT2D eigenvalue weighted by molar-refractivity contribution is 0.0210. The summed E-state index contributed by atoms with van der Waals surface area (Å²) in [6.45, 7) is 8.90. The molecule has 1 aromatic rings. The van der Waals surface area contributed by atoms with E-state index in [1.807, 2.05) is 20.8 Å². The third-order valence-corrected chi connectivity index (χ3v) is 4.31. The summed E-state index contributed by atoms with van der Waals surface area (Å²) in [7, 11) is 0. The van der Waals surface area contributed by atoms with Crippen molar-refractivity contribution in [1.82, 2.24) is 4.90 Å². The van der Waals surface area contributed by atoms with Gasteiger partial charge in [0.05, 0.1) is 22.9 Å². The Bertz CT molecular complexity index is 649. The zero-order valence-electron chi connectivity index (χ0n) is 15.8. The first kappa shape index (κ1) is 20.4. The second-order valence-corrected chi connectivity index (χ2v) is 7.71. The van der Waals surface area contributed by atoms with E-state index in [0.717, 1.165) is 12.8 Å². The molecule has 26 heavy (non-hydrogen) atoms. The molecule has 0 radical (unpaired) electrons. The molecule has 2 rings (SSSR count). The summed E-state index contributed by atoms with van der Waals surface area (Å²) in [4.78, 5) is 25.7. The van der Waals surface area contributed by atoms with Gasteiger partial charge in [-0.15, -0.1) is 0 Å². The molecule has 0 spiro atoms. The third-order valence-electron chi connectivity index (χ3n) is 3.98. The second-order valence-electron chi connectivity index (χ2n) is 7.30. The van der Waals surface area contributed by atoms with Crippen LogP contribution in [0.5, 0.6) is 0 Å². The lowest BCUT2D eigenvalue weighted by atomic mass is 10.0. The predicted octanol–water partition coefficient (Wildman–Crippen LogP) is 4.33. The summed E-state index contributed by atoms with van der Waals surface area (Å²) in [6.07, 6.45) is 1.27. The lowest BCUT2D eigenvalue weighted by Crippen LogP contribution is -2.44. The molecular formula is C19H27ClN2O4. The third kappa shape index (κ3) is 5.80. The molecule has 6 nitrogen and oxygen atoms in total. The Hall–Kier alpha value is -1.95. The Balaban J connectivity index is 1.94. The van der Waals surface area contributed by atoms with Crippen molar-refractivity contribution < 1.29 is 19.1 Å². The number of halogens is 1. The van der Waals surface area contributed by atoms with Crippen LogP contribution in [-0.2, 0) is 9.47 Å². The molecule has 1 heterocycles. The molecular weight excluding hydrogens is 356 g/mol.